The normalized spacial score (nSPS) is 23.5. The second-order valence-corrected chi connectivity index (χ2v) is 7.75. The second-order valence-electron chi connectivity index (χ2n) is 7.75. The summed E-state index contributed by atoms with van der Waals surface area (Å²) in [4.78, 5) is 35.5. The summed E-state index contributed by atoms with van der Waals surface area (Å²) in [5, 5.41) is 3.03. The summed E-state index contributed by atoms with van der Waals surface area (Å²) >= 11 is 0. The van der Waals surface area contributed by atoms with Crippen LogP contribution in [0.3, 0.4) is 0 Å². The molecule has 3 heterocycles. The third-order valence-corrected chi connectivity index (χ3v) is 5.74. The Morgan fingerprint density at radius 1 is 1.11 bits per heavy atom. The van der Waals surface area contributed by atoms with Crippen LogP contribution in [0.5, 0.6) is 0 Å². The number of rotatable bonds is 3. The Labute approximate surface area is 163 Å². The molecule has 2 fully saturated rings. The van der Waals surface area contributed by atoms with Crippen LogP contribution in [-0.2, 0) is 0 Å². The Kier molecular flexibility index (Phi) is 4.83. The number of nitrogens with one attached hydrogen (secondary N) is 1. The lowest BCUT2D eigenvalue weighted by atomic mass is 9.96. The number of carbonyl (C=O) groups excluding carboxylic acids is 2. The quantitative estimate of drug-likeness (QED) is 0.886. The van der Waals surface area contributed by atoms with E-state index >= 15 is 0 Å². The molecule has 2 aliphatic rings. The fourth-order valence-corrected chi connectivity index (χ4v) is 4.27. The molecular weight excluding hydrogens is 359 g/mol. The molecule has 0 saturated carbocycles. The van der Waals surface area contributed by atoms with Crippen LogP contribution < -0.4 is 5.32 Å². The summed E-state index contributed by atoms with van der Waals surface area (Å²) in [5.41, 5.74) is 1.97. The van der Waals surface area contributed by atoms with Crippen LogP contribution >= 0.6 is 0 Å². The van der Waals surface area contributed by atoms with Crippen molar-refractivity contribution in [3.63, 3.8) is 0 Å². The van der Waals surface area contributed by atoms with E-state index < -0.39 is 0 Å². The van der Waals surface area contributed by atoms with Gasteiger partial charge in [0.2, 0.25) is 0 Å². The average molecular weight is 382 g/mol. The largest absolute Gasteiger partial charge is 0.348 e. The molecule has 2 aliphatic heterocycles. The molecule has 1 aromatic carbocycles. The molecule has 2 saturated heterocycles. The Morgan fingerprint density at radius 3 is 2.43 bits per heavy atom. The number of amides is 2. The number of piperidine rings is 1. The van der Waals surface area contributed by atoms with Gasteiger partial charge in [-0.1, -0.05) is 6.07 Å². The number of fused-ring (bicyclic) bond motifs is 2. The summed E-state index contributed by atoms with van der Waals surface area (Å²) < 4.78 is 13.9. The summed E-state index contributed by atoms with van der Waals surface area (Å²) in [6, 6.07) is 4.76. The minimum absolute atomic E-state index is 0.00749. The molecule has 0 radical (unpaired) electrons. The highest BCUT2D eigenvalue weighted by molar-refractivity contribution is 5.95. The molecule has 1 N–H and O–H groups in total. The van der Waals surface area contributed by atoms with Crippen molar-refractivity contribution >= 4 is 11.8 Å². The van der Waals surface area contributed by atoms with Crippen LogP contribution in [-0.4, -0.2) is 44.8 Å². The van der Waals surface area contributed by atoms with Crippen molar-refractivity contribution in [3.05, 3.63) is 58.9 Å². The third kappa shape index (κ3) is 3.48. The summed E-state index contributed by atoms with van der Waals surface area (Å²) in [6.45, 7) is 3.50. The molecule has 6 nitrogen and oxygen atoms in total. The van der Waals surface area contributed by atoms with E-state index in [2.05, 4.69) is 15.3 Å². The first-order valence-corrected chi connectivity index (χ1v) is 9.60. The number of carbonyl (C=O) groups is 2. The average Bonchev–Trinajstić information content (AvgIpc) is 2.94. The van der Waals surface area contributed by atoms with Crippen molar-refractivity contribution in [1.29, 1.82) is 0 Å². The molecule has 3 atom stereocenters. The highest BCUT2D eigenvalue weighted by Gasteiger charge is 2.43. The van der Waals surface area contributed by atoms with E-state index in [0.717, 1.165) is 18.5 Å². The van der Waals surface area contributed by atoms with Gasteiger partial charge in [0, 0.05) is 29.9 Å². The van der Waals surface area contributed by atoms with E-state index in [1.54, 1.807) is 25.3 Å². The molecule has 0 spiro atoms. The van der Waals surface area contributed by atoms with Gasteiger partial charge in [-0.2, -0.15) is 0 Å². The summed E-state index contributed by atoms with van der Waals surface area (Å²) in [5.74, 6) is -0.725. The van der Waals surface area contributed by atoms with Gasteiger partial charge in [0.05, 0.1) is 11.9 Å². The highest BCUT2D eigenvalue weighted by atomic mass is 19.1. The Hall–Kier alpha value is -2.83. The maximum atomic E-state index is 13.9. The molecule has 4 rings (SSSR count). The first kappa shape index (κ1) is 18.5. The van der Waals surface area contributed by atoms with E-state index in [4.69, 9.17) is 0 Å². The van der Waals surface area contributed by atoms with Crippen molar-refractivity contribution in [2.45, 2.75) is 57.7 Å². The summed E-state index contributed by atoms with van der Waals surface area (Å²) in [7, 11) is 0. The van der Waals surface area contributed by atoms with Gasteiger partial charge in [-0.15, -0.1) is 0 Å². The molecule has 146 valence electrons. The van der Waals surface area contributed by atoms with Gasteiger partial charge in [-0.05, 0) is 57.2 Å². The van der Waals surface area contributed by atoms with E-state index in [1.807, 2.05) is 11.8 Å². The van der Waals surface area contributed by atoms with Crippen LogP contribution in [0.4, 0.5) is 4.39 Å². The maximum absolute atomic E-state index is 13.9. The molecule has 28 heavy (non-hydrogen) atoms. The lowest BCUT2D eigenvalue weighted by Crippen LogP contribution is -2.52. The maximum Gasteiger partial charge on any atom is 0.271 e. The predicted molar refractivity (Wildman–Crippen MR) is 101 cm³/mol. The highest BCUT2D eigenvalue weighted by Crippen LogP contribution is 2.37. The van der Waals surface area contributed by atoms with Gasteiger partial charge >= 0.3 is 0 Å². The van der Waals surface area contributed by atoms with Crippen LogP contribution in [0.1, 0.15) is 57.8 Å². The van der Waals surface area contributed by atoms with Crippen molar-refractivity contribution in [1.82, 2.24) is 20.2 Å². The molecule has 0 aliphatic carbocycles. The minimum Gasteiger partial charge on any atom is -0.348 e. The SMILES string of the molecule is Cc1cnc(C(=O)NC2C[C@H]3CC[C@@H](C2)N3C(=O)c2ccc(C)c(F)c2)cn1. The second kappa shape index (κ2) is 7.30. The van der Waals surface area contributed by atoms with Gasteiger partial charge < -0.3 is 10.2 Å². The molecule has 2 aromatic rings. The van der Waals surface area contributed by atoms with Crippen molar-refractivity contribution in [2.75, 3.05) is 0 Å². The first-order valence-electron chi connectivity index (χ1n) is 9.60. The van der Waals surface area contributed by atoms with E-state index in [1.165, 1.54) is 12.3 Å². The topological polar surface area (TPSA) is 75.2 Å². The van der Waals surface area contributed by atoms with Crippen LogP contribution in [0, 0.1) is 19.7 Å². The fraction of sp³-hybridized carbons (Fsp3) is 0.429. The Bertz CT molecular complexity index is 901. The standard InChI is InChI=1S/C21H23FN4O2/c1-12-3-4-14(7-18(12)22)21(28)26-16-5-6-17(26)9-15(8-16)25-20(27)19-11-23-13(2)10-24-19/h3-4,7,10-11,15-17H,5-6,8-9H2,1-2H3,(H,25,27)/t15?,16-,17+. The molecular formula is C21H23FN4O2. The lowest BCUT2D eigenvalue weighted by Gasteiger charge is -2.39. The van der Waals surface area contributed by atoms with Gasteiger partial charge in [0.1, 0.15) is 11.5 Å². The van der Waals surface area contributed by atoms with Crippen LogP contribution in [0.2, 0.25) is 0 Å². The van der Waals surface area contributed by atoms with Gasteiger partial charge in [0.15, 0.2) is 0 Å². The van der Waals surface area contributed by atoms with Gasteiger partial charge in [-0.3, -0.25) is 14.6 Å². The number of halogens is 1. The Balaban J connectivity index is 1.44. The number of hydrogen-bond acceptors (Lipinski definition) is 4. The van der Waals surface area contributed by atoms with Gasteiger partial charge in [-0.25, -0.2) is 9.37 Å². The van der Waals surface area contributed by atoms with Crippen LogP contribution in [0.25, 0.3) is 0 Å². The zero-order valence-electron chi connectivity index (χ0n) is 16.0. The van der Waals surface area contributed by atoms with Crippen molar-refractivity contribution in [3.8, 4) is 0 Å². The fourth-order valence-electron chi connectivity index (χ4n) is 4.27. The van der Waals surface area contributed by atoms with E-state index in [-0.39, 0.29) is 35.8 Å². The monoisotopic (exact) mass is 382 g/mol. The third-order valence-electron chi connectivity index (χ3n) is 5.74. The zero-order valence-corrected chi connectivity index (χ0v) is 16.0. The number of hydrogen-bond donors (Lipinski definition) is 1. The van der Waals surface area contributed by atoms with Crippen LogP contribution in [0.15, 0.2) is 30.6 Å². The number of nitrogens with zero attached hydrogens (tertiary/aromatic N) is 3. The zero-order chi connectivity index (χ0) is 19.8. The summed E-state index contributed by atoms with van der Waals surface area (Å²) in [6.07, 6.45) is 6.25. The van der Waals surface area contributed by atoms with E-state index in [9.17, 15) is 14.0 Å². The number of aromatic nitrogens is 2. The molecule has 1 aromatic heterocycles. The van der Waals surface area contributed by atoms with Crippen molar-refractivity contribution in [2.24, 2.45) is 0 Å². The van der Waals surface area contributed by atoms with E-state index in [0.29, 0.717) is 29.7 Å². The molecule has 7 heteroatoms. The molecule has 1 unspecified atom stereocenters. The molecule has 2 amide bonds. The van der Waals surface area contributed by atoms with Crippen molar-refractivity contribution < 1.29 is 14.0 Å². The minimum atomic E-state index is -0.362. The Morgan fingerprint density at radius 2 is 1.82 bits per heavy atom. The smallest absolute Gasteiger partial charge is 0.271 e. The lowest BCUT2D eigenvalue weighted by molar-refractivity contribution is 0.0548. The number of aryl methyl sites for hydroxylation is 2. The predicted octanol–water partition coefficient (Wildman–Crippen LogP) is 2.80. The van der Waals surface area contributed by atoms with Gasteiger partial charge in [0.25, 0.3) is 11.8 Å². The first-order chi connectivity index (χ1) is 13.4. The number of benzene rings is 1. The molecule has 2 bridgehead atoms.